The minimum atomic E-state index is 0.0961. The molecule has 17 heavy (non-hydrogen) atoms. The van der Waals surface area contributed by atoms with E-state index in [0.29, 0.717) is 11.4 Å². The summed E-state index contributed by atoms with van der Waals surface area (Å²) in [5, 5.41) is 0. The van der Waals surface area contributed by atoms with Crippen molar-refractivity contribution in [2.45, 2.75) is 12.2 Å². The van der Waals surface area contributed by atoms with Crippen molar-refractivity contribution in [2.75, 3.05) is 43.7 Å². The molecule has 1 aliphatic rings. The number of rotatable bonds is 3. The second-order valence-corrected chi connectivity index (χ2v) is 4.27. The maximum Gasteiger partial charge on any atom is 0.102 e. The van der Waals surface area contributed by atoms with Gasteiger partial charge in [0.25, 0.3) is 0 Å². The first-order valence-corrected chi connectivity index (χ1v) is 5.61. The molecule has 4 N–H and O–H groups in total. The van der Waals surface area contributed by atoms with E-state index in [4.69, 9.17) is 20.9 Å². The lowest BCUT2D eigenvalue weighted by molar-refractivity contribution is -0.00461. The fourth-order valence-corrected chi connectivity index (χ4v) is 2.17. The van der Waals surface area contributed by atoms with Gasteiger partial charge in [0.1, 0.15) is 12.2 Å². The van der Waals surface area contributed by atoms with Gasteiger partial charge in [-0.1, -0.05) is 0 Å². The second kappa shape index (κ2) is 4.81. The number of methoxy groups -OCH3 is 2. The molecular weight excluding hydrogens is 218 g/mol. The lowest BCUT2D eigenvalue weighted by atomic mass is 10.2. The van der Waals surface area contributed by atoms with E-state index in [1.165, 1.54) is 0 Å². The Kier molecular flexibility index (Phi) is 3.40. The molecule has 0 saturated carbocycles. The van der Waals surface area contributed by atoms with E-state index in [-0.39, 0.29) is 12.2 Å². The molecule has 2 atom stereocenters. The van der Waals surface area contributed by atoms with E-state index in [1.807, 2.05) is 18.2 Å². The average Bonchev–Trinajstić information content (AvgIpc) is 2.75. The van der Waals surface area contributed by atoms with Gasteiger partial charge in [-0.2, -0.15) is 0 Å². The summed E-state index contributed by atoms with van der Waals surface area (Å²) in [6.07, 6.45) is 0.192. The fraction of sp³-hybridized carbons (Fsp3) is 0.500. The highest BCUT2D eigenvalue weighted by Gasteiger charge is 2.33. The average molecular weight is 237 g/mol. The Balaban J connectivity index is 2.16. The standard InChI is InChI=1S/C12H19N3O2/c1-16-11-6-15(7-12(11)17-2)8-3-4-9(13)10(14)5-8/h3-5,11-12H,6-7,13-14H2,1-2H3. The van der Waals surface area contributed by atoms with Gasteiger partial charge in [0.2, 0.25) is 0 Å². The van der Waals surface area contributed by atoms with E-state index in [0.717, 1.165) is 18.8 Å². The van der Waals surface area contributed by atoms with Crippen LogP contribution in [0.1, 0.15) is 0 Å². The van der Waals surface area contributed by atoms with Crippen LogP contribution in [0.15, 0.2) is 18.2 Å². The van der Waals surface area contributed by atoms with Crippen LogP contribution in [-0.4, -0.2) is 39.5 Å². The van der Waals surface area contributed by atoms with Gasteiger partial charge in [-0.25, -0.2) is 0 Å². The molecule has 0 amide bonds. The highest BCUT2D eigenvalue weighted by atomic mass is 16.5. The van der Waals surface area contributed by atoms with Crippen LogP contribution < -0.4 is 16.4 Å². The van der Waals surface area contributed by atoms with Gasteiger partial charge in [-0.3, -0.25) is 0 Å². The van der Waals surface area contributed by atoms with Crippen LogP contribution in [0.5, 0.6) is 0 Å². The summed E-state index contributed by atoms with van der Waals surface area (Å²) >= 11 is 0. The summed E-state index contributed by atoms with van der Waals surface area (Å²) in [7, 11) is 3.41. The molecule has 2 rings (SSSR count). The molecule has 1 aliphatic heterocycles. The zero-order valence-corrected chi connectivity index (χ0v) is 10.2. The summed E-state index contributed by atoms with van der Waals surface area (Å²) < 4.78 is 10.8. The van der Waals surface area contributed by atoms with E-state index >= 15 is 0 Å². The van der Waals surface area contributed by atoms with Crippen LogP contribution in [0, 0.1) is 0 Å². The summed E-state index contributed by atoms with van der Waals surface area (Å²) in [5.41, 5.74) is 13.8. The van der Waals surface area contributed by atoms with Crippen LogP contribution in [0.25, 0.3) is 0 Å². The summed E-state index contributed by atoms with van der Waals surface area (Å²) in [4.78, 5) is 2.19. The van der Waals surface area contributed by atoms with E-state index in [2.05, 4.69) is 4.90 Å². The third kappa shape index (κ3) is 2.30. The lowest BCUT2D eigenvalue weighted by Crippen LogP contribution is -2.27. The maximum atomic E-state index is 5.81. The minimum Gasteiger partial charge on any atom is -0.397 e. The smallest absolute Gasteiger partial charge is 0.102 e. The van der Waals surface area contributed by atoms with Gasteiger partial charge in [-0.05, 0) is 18.2 Å². The van der Waals surface area contributed by atoms with Crippen molar-refractivity contribution in [3.8, 4) is 0 Å². The van der Waals surface area contributed by atoms with Crippen molar-refractivity contribution < 1.29 is 9.47 Å². The molecule has 1 aromatic rings. The first-order valence-electron chi connectivity index (χ1n) is 5.61. The Morgan fingerprint density at radius 2 is 1.65 bits per heavy atom. The predicted molar refractivity (Wildman–Crippen MR) is 69.1 cm³/mol. The molecule has 0 aromatic heterocycles. The topological polar surface area (TPSA) is 73.7 Å². The van der Waals surface area contributed by atoms with E-state index in [1.54, 1.807) is 14.2 Å². The van der Waals surface area contributed by atoms with Crippen molar-refractivity contribution in [3.05, 3.63) is 18.2 Å². The number of hydrogen-bond donors (Lipinski definition) is 2. The summed E-state index contributed by atoms with van der Waals surface area (Å²) in [6.45, 7) is 1.61. The number of nitrogen functional groups attached to an aromatic ring is 2. The lowest BCUT2D eigenvalue weighted by Gasteiger charge is -2.18. The van der Waals surface area contributed by atoms with E-state index < -0.39 is 0 Å². The number of benzene rings is 1. The molecule has 5 heteroatoms. The first kappa shape index (κ1) is 12.0. The Morgan fingerprint density at radius 3 is 2.12 bits per heavy atom. The normalized spacial score (nSPS) is 24.2. The van der Waals surface area contributed by atoms with Crippen molar-refractivity contribution in [1.29, 1.82) is 0 Å². The van der Waals surface area contributed by atoms with Crippen molar-refractivity contribution >= 4 is 17.1 Å². The van der Waals surface area contributed by atoms with Gasteiger partial charge in [-0.15, -0.1) is 0 Å². The third-order valence-corrected chi connectivity index (χ3v) is 3.26. The van der Waals surface area contributed by atoms with Gasteiger partial charge in [0.15, 0.2) is 0 Å². The molecule has 94 valence electrons. The molecule has 0 bridgehead atoms. The monoisotopic (exact) mass is 237 g/mol. The Morgan fingerprint density at radius 1 is 1.06 bits per heavy atom. The van der Waals surface area contributed by atoms with Crippen molar-refractivity contribution in [2.24, 2.45) is 0 Å². The first-order chi connectivity index (χ1) is 8.15. The van der Waals surface area contributed by atoms with Gasteiger partial charge >= 0.3 is 0 Å². The highest BCUT2D eigenvalue weighted by molar-refractivity contribution is 5.70. The number of hydrogen-bond acceptors (Lipinski definition) is 5. The van der Waals surface area contributed by atoms with Crippen LogP contribution >= 0.6 is 0 Å². The number of ether oxygens (including phenoxy) is 2. The zero-order valence-electron chi connectivity index (χ0n) is 10.2. The van der Waals surface area contributed by atoms with Crippen LogP contribution in [-0.2, 0) is 9.47 Å². The fourth-order valence-electron chi connectivity index (χ4n) is 2.17. The number of nitrogens with two attached hydrogens (primary N) is 2. The molecule has 1 saturated heterocycles. The van der Waals surface area contributed by atoms with Crippen LogP contribution in [0.3, 0.4) is 0 Å². The molecule has 1 fully saturated rings. The molecule has 1 aromatic carbocycles. The summed E-state index contributed by atoms with van der Waals surface area (Å²) in [6, 6.07) is 5.68. The molecule has 0 spiro atoms. The molecule has 5 nitrogen and oxygen atoms in total. The quantitative estimate of drug-likeness (QED) is 0.757. The molecule has 0 aliphatic carbocycles. The Labute approximate surface area is 101 Å². The SMILES string of the molecule is COC1CN(c2ccc(N)c(N)c2)CC1OC. The third-order valence-electron chi connectivity index (χ3n) is 3.26. The van der Waals surface area contributed by atoms with Gasteiger partial charge in [0.05, 0.1) is 11.4 Å². The van der Waals surface area contributed by atoms with Crippen molar-refractivity contribution in [1.82, 2.24) is 0 Å². The number of nitrogens with zero attached hydrogens (tertiary/aromatic N) is 1. The van der Waals surface area contributed by atoms with E-state index in [9.17, 15) is 0 Å². The molecule has 1 heterocycles. The molecule has 2 unspecified atom stereocenters. The molecule has 0 radical (unpaired) electrons. The predicted octanol–water partition coefficient (Wildman–Crippen LogP) is 0.701. The second-order valence-electron chi connectivity index (χ2n) is 4.27. The largest absolute Gasteiger partial charge is 0.397 e. The highest BCUT2D eigenvalue weighted by Crippen LogP contribution is 2.27. The Bertz CT molecular complexity index is 385. The Hall–Kier alpha value is -1.46. The van der Waals surface area contributed by atoms with Crippen LogP contribution in [0.4, 0.5) is 17.1 Å². The van der Waals surface area contributed by atoms with Crippen LogP contribution in [0.2, 0.25) is 0 Å². The zero-order chi connectivity index (χ0) is 12.4. The van der Waals surface area contributed by atoms with Gasteiger partial charge in [0, 0.05) is 33.0 Å². The number of anilines is 3. The molecular formula is C12H19N3O2. The maximum absolute atomic E-state index is 5.81. The van der Waals surface area contributed by atoms with Gasteiger partial charge < -0.3 is 25.8 Å². The minimum absolute atomic E-state index is 0.0961. The summed E-state index contributed by atoms with van der Waals surface area (Å²) in [5.74, 6) is 0. The van der Waals surface area contributed by atoms with Crippen molar-refractivity contribution in [3.63, 3.8) is 0 Å².